The number of ether oxygens (including phenoxy) is 1. The summed E-state index contributed by atoms with van der Waals surface area (Å²) in [5.74, 6) is 0. The Hall–Kier alpha value is -0.250. The molecule has 0 radical (unpaired) electrons. The molecule has 1 fully saturated rings. The van der Waals surface area contributed by atoms with E-state index in [2.05, 4.69) is 28.2 Å². The molecule has 2 unspecified atom stereocenters. The Kier molecular flexibility index (Phi) is 4.11. The fraction of sp³-hybridized carbons (Fsp3) is 0.500. The minimum atomic E-state index is 0.331. The highest BCUT2D eigenvalue weighted by molar-refractivity contribution is 9.10. The zero-order chi connectivity index (χ0) is 11.5. The van der Waals surface area contributed by atoms with E-state index in [-0.39, 0.29) is 0 Å². The maximum atomic E-state index is 6.14. The summed E-state index contributed by atoms with van der Waals surface area (Å²) in [6.45, 7) is 2.93. The van der Waals surface area contributed by atoms with Crippen molar-refractivity contribution >= 4 is 33.2 Å². The average Bonchev–Trinajstić information content (AvgIpc) is 2.24. The molecule has 4 heteroatoms. The lowest BCUT2D eigenvalue weighted by molar-refractivity contribution is 0.0232. The number of nitrogens with one attached hydrogen (secondary N) is 1. The minimum Gasteiger partial charge on any atom is -0.381 e. The van der Waals surface area contributed by atoms with E-state index in [4.69, 9.17) is 16.3 Å². The van der Waals surface area contributed by atoms with Crippen LogP contribution in [0.5, 0.6) is 0 Å². The standard InChI is InChI=1S/C12H15BrClNO/c1-8-6-10(4-5-16-8)15-12-7-9(13)2-3-11(12)14/h2-3,7-8,10,15H,4-6H2,1H3. The number of halogens is 2. The third kappa shape index (κ3) is 3.12. The smallest absolute Gasteiger partial charge is 0.0638 e. The van der Waals surface area contributed by atoms with Gasteiger partial charge in [-0.1, -0.05) is 27.5 Å². The van der Waals surface area contributed by atoms with Crippen molar-refractivity contribution in [1.29, 1.82) is 0 Å². The monoisotopic (exact) mass is 303 g/mol. The second-order valence-corrected chi connectivity index (χ2v) is 5.49. The van der Waals surface area contributed by atoms with Crippen LogP contribution < -0.4 is 5.32 Å². The van der Waals surface area contributed by atoms with Gasteiger partial charge in [-0.05, 0) is 38.0 Å². The number of hydrogen-bond donors (Lipinski definition) is 1. The van der Waals surface area contributed by atoms with Gasteiger partial charge in [0, 0.05) is 17.1 Å². The Bertz CT molecular complexity index is 372. The first-order valence-corrected chi connectivity index (χ1v) is 6.65. The van der Waals surface area contributed by atoms with Crippen molar-refractivity contribution < 1.29 is 4.74 Å². The third-order valence-electron chi connectivity index (χ3n) is 2.77. The average molecular weight is 305 g/mol. The van der Waals surface area contributed by atoms with Crippen LogP contribution in [-0.2, 0) is 4.74 Å². The molecule has 0 spiro atoms. The molecule has 1 aliphatic rings. The van der Waals surface area contributed by atoms with E-state index in [1.165, 1.54) is 0 Å². The Morgan fingerprint density at radius 2 is 2.31 bits per heavy atom. The summed E-state index contributed by atoms with van der Waals surface area (Å²) in [6, 6.07) is 6.31. The summed E-state index contributed by atoms with van der Waals surface area (Å²) in [6.07, 6.45) is 2.40. The van der Waals surface area contributed by atoms with E-state index in [0.717, 1.165) is 34.6 Å². The van der Waals surface area contributed by atoms with E-state index >= 15 is 0 Å². The fourth-order valence-electron chi connectivity index (χ4n) is 1.96. The topological polar surface area (TPSA) is 21.3 Å². The molecular weight excluding hydrogens is 289 g/mol. The van der Waals surface area contributed by atoms with Gasteiger partial charge in [-0.3, -0.25) is 0 Å². The molecule has 2 nitrogen and oxygen atoms in total. The quantitative estimate of drug-likeness (QED) is 0.889. The maximum Gasteiger partial charge on any atom is 0.0638 e. The van der Waals surface area contributed by atoms with Crippen LogP contribution in [0, 0.1) is 0 Å². The van der Waals surface area contributed by atoms with Crippen LogP contribution in [-0.4, -0.2) is 18.8 Å². The van der Waals surface area contributed by atoms with Crippen LogP contribution in [0.1, 0.15) is 19.8 Å². The van der Waals surface area contributed by atoms with Gasteiger partial charge in [0.1, 0.15) is 0 Å². The lowest BCUT2D eigenvalue weighted by atomic mass is 10.0. The fourth-order valence-corrected chi connectivity index (χ4v) is 2.49. The number of benzene rings is 1. The van der Waals surface area contributed by atoms with Crippen molar-refractivity contribution in [3.63, 3.8) is 0 Å². The number of anilines is 1. The molecule has 1 N–H and O–H groups in total. The van der Waals surface area contributed by atoms with Crippen molar-refractivity contribution in [3.8, 4) is 0 Å². The Balaban J connectivity index is 2.05. The lowest BCUT2D eigenvalue weighted by Gasteiger charge is -2.29. The highest BCUT2D eigenvalue weighted by Gasteiger charge is 2.19. The van der Waals surface area contributed by atoms with Crippen molar-refractivity contribution in [2.24, 2.45) is 0 Å². The van der Waals surface area contributed by atoms with Crippen molar-refractivity contribution in [2.75, 3.05) is 11.9 Å². The number of hydrogen-bond acceptors (Lipinski definition) is 2. The summed E-state index contributed by atoms with van der Waals surface area (Å²) in [5, 5.41) is 4.24. The molecule has 16 heavy (non-hydrogen) atoms. The second kappa shape index (κ2) is 5.39. The highest BCUT2D eigenvalue weighted by Crippen LogP contribution is 2.28. The highest BCUT2D eigenvalue weighted by atomic mass is 79.9. The van der Waals surface area contributed by atoms with E-state index in [9.17, 15) is 0 Å². The van der Waals surface area contributed by atoms with E-state index in [0.29, 0.717) is 12.1 Å². The van der Waals surface area contributed by atoms with Gasteiger partial charge < -0.3 is 10.1 Å². The van der Waals surface area contributed by atoms with Gasteiger partial charge in [-0.25, -0.2) is 0 Å². The molecule has 0 aliphatic carbocycles. The van der Waals surface area contributed by atoms with E-state index < -0.39 is 0 Å². The molecule has 2 atom stereocenters. The molecule has 1 aromatic carbocycles. The van der Waals surface area contributed by atoms with Gasteiger partial charge in [0.15, 0.2) is 0 Å². The molecule has 0 saturated carbocycles. The van der Waals surface area contributed by atoms with E-state index in [1.54, 1.807) is 0 Å². The summed E-state index contributed by atoms with van der Waals surface area (Å²) in [4.78, 5) is 0. The minimum absolute atomic E-state index is 0.331. The molecule has 88 valence electrons. The van der Waals surface area contributed by atoms with Crippen molar-refractivity contribution in [2.45, 2.75) is 31.9 Å². The Morgan fingerprint density at radius 1 is 1.50 bits per heavy atom. The SMILES string of the molecule is CC1CC(Nc2cc(Br)ccc2Cl)CCO1. The first kappa shape index (κ1) is 12.2. The van der Waals surface area contributed by atoms with Crippen LogP contribution in [0.3, 0.4) is 0 Å². The molecule has 1 heterocycles. The van der Waals surface area contributed by atoms with Gasteiger partial charge in [-0.15, -0.1) is 0 Å². The van der Waals surface area contributed by atoms with Gasteiger partial charge in [0.05, 0.1) is 16.8 Å². The first-order valence-electron chi connectivity index (χ1n) is 5.48. The van der Waals surface area contributed by atoms with Crippen molar-refractivity contribution in [1.82, 2.24) is 0 Å². The molecule has 1 aliphatic heterocycles. The zero-order valence-electron chi connectivity index (χ0n) is 9.17. The van der Waals surface area contributed by atoms with Gasteiger partial charge in [-0.2, -0.15) is 0 Å². The molecule has 2 rings (SSSR count). The predicted molar refractivity (Wildman–Crippen MR) is 71.2 cm³/mol. The lowest BCUT2D eigenvalue weighted by Crippen LogP contribution is -2.32. The first-order chi connectivity index (χ1) is 7.65. The van der Waals surface area contributed by atoms with Crippen molar-refractivity contribution in [3.05, 3.63) is 27.7 Å². The number of rotatable bonds is 2. The van der Waals surface area contributed by atoms with Crippen LogP contribution >= 0.6 is 27.5 Å². The van der Waals surface area contributed by atoms with Crippen LogP contribution in [0.4, 0.5) is 5.69 Å². The summed E-state index contributed by atoms with van der Waals surface area (Å²) in [5.41, 5.74) is 0.996. The normalized spacial score (nSPS) is 25.4. The molecule has 1 saturated heterocycles. The molecule has 1 aromatic rings. The predicted octanol–water partition coefficient (Wildman–Crippen LogP) is 4.08. The largest absolute Gasteiger partial charge is 0.381 e. The van der Waals surface area contributed by atoms with E-state index in [1.807, 2.05) is 18.2 Å². The molecule has 0 amide bonds. The molecule has 0 bridgehead atoms. The van der Waals surface area contributed by atoms with Gasteiger partial charge in [0.2, 0.25) is 0 Å². The van der Waals surface area contributed by atoms with Gasteiger partial charge in [0.25, 0.3) is 0 Å². The molecular formula is C12H15BrClNO. The zero-order valence-corrected chi connectivity index (χ0v) is 11.5. The summed E-state index contributed by atoms with van der Waals surface area (Å²) in [7, 11) is 0. The Morgan fingerprint density at radius 3 is 3.06 bits per heavy atom. The van der Waals surface area contributed by atoms with Gasteiger partial charge >= 0.3 is 0 Å². The van der Waals surface area contributed by atoms with Crippen LogP contribution in [0.25, 0.3) is 0 Å². The molecule has 0 aromatic heterocycles. The summed E-state index contributed by atoms with van der Waals surface area (Å²) < 4.78 is 6.56. The summed E-state index contributed by atoms with van der Waals surface area (Å²) >= 11 is 9.59. The third-order valence-corrected chi connectivity index (χ3v) is 3.60. The van der Waals surface area contributed by atoms with Crippen LogP contribution in [0.2, 0.25) is 5.02 Å². The Labute approximate surface area is 109 Å². The second-order valence-electron chi connectivity index (χ2n) is 4.17. The van der Waals surface area contributed by atoms with Crippen LogP contribution in [0.15, 0.2) is 22.7 Å². The maximum absolute atomic E-state index is 6.14.